The summed E-state index contributed by atoms with van der Waals surface area (Å²) in [7, 11) is 0. The molecule has 0 aliphatic carbocycles. The minimum atomic E-state index is 0.210. The van der Waals surface area contributed by atoms with Gasteiger partial charge in [0.05, 0.1) is 0 Å². The molecule has 1 amide bonds. The molecule has 1 heterocycles. The molecule has 90 valence electrons. The van der Waals surface area contributed by atoms with Crippen molar-refractivity contribution in [2.45, 2.75) is 13.0 Å². The van der Waals surface area contributed by atoms with Gasteiger partial charge in [-0.25, -0.2) is 0 Å². The molecule has 17 heavy (non-hydrogen) atoms. The van der Waals surface area contributed by atoms with Crippen molar-refractivity contribution in [2.75, 3.05) is 6.54 Å². The van der Waals surface area contributed by atoms with Crippen molar-refractivity contribution in [3.63, 3.8) is 0 Å². The van der Waals surface area contributed by atoms with Crippen molar-refractivity contribution in [3.05, 3.63) is 45.4 Å². The summed E-state index contributed by atoms with van der Waals surface area (Å²) in [5.74, 6) is 0.509. The predicted molar refractivity (Wildman–Crippen MR) is 75.6 cm³/mol. The first-order valence-corrected chi connectivity index (χ1v) is 7.03. The molecule has 1 aliphatic rings. The largest absolute Gasteiger partial charge is 0.338 e. The van der Waals surface area contributed by atoms with Crippen molar-refractivity contribution in [2.24, 2.45) is 5.92 Å². The topological polar surface area (TPSA) is 20.3 Å². The fourth-order valence-electron chi connectivity index (χ4n) is 1.98. The molecule has 0 aromatic heterocycles. The Kier molecular flexibility index (Phi) is 4.05. The number of rotatable bonds is 3. The zero-order chi connectivity index (χ0) is 12.4. The Hall–Kier alpha value is -0.610. The van der Waals surface area contributed by atoms with Crippen molar-refractivity contribution in [3.8, 4) is 0 Å². The highest BCUT2D eigenvalue weighted by Crippen LogP contribution is 2.26. The zero-order valence-corrected chi connectivity index (χ0v) is 12.5. The summed E-state index contributed by atoms with van der Waals surface area (Å²) < 4.78 is 2.07. The minimum absolute atomic E-state index is 0.210. The van der Waals surface area contributed by atoms with Gasteiger partial charge >= 0.3 is 0 Å². The van der Waals surface area contributed by atoms with Crippen molar-refractivity contribution < 1.29 is 4.79 Å². The van der Waals surface area contributed by atoms with Crippen LogP contribution in [0, 0.1) is 5.92 Å². The lowest BCUT2D eigenvalue weighted by molar-refractivity contribution is -0.128. The van der Waals surface area contributed by atoms with E-state index in [0.717, 1.165) is 21.1 Å². The number of carbonyl (C=O) groups is 1. The Labute approximate surface area is 118 Å². The second-order valence-corrected chi connectivity index (χ2v) is 5.98. The smallest absolute Gasteiger partial charge is 0.223 e. The highest BCUT2D eigenvalue weighted by atomic mass is 79.9. The number of hydrogen-bond donors (Lipinski definition) is 0. The van der Waals surface area contributed by atoms with Crippen molar-refractivity contribution in [1.29, 1.82) is 0 Å². The first kappa shape index (κ1) is 12.8. The van der Waals surface area contributed by atoms with Crippen LogP contribution in [0.15, 0.2) is 39.8 Å². The Morgan fingerprint density at radius 2 is 2.24 bits per heavy atom. The van der Waals surface area contributed by atoms with Gasteiger partial charge in [0.15, 0.2) is 0 Å². The lowest BCUT2D eigenvalue weighted by atomic mass is 10.1. The van der Waals surface area contributed by atoms with Crippen LogP contribution in [0.25, 0.3) is 0 Å². The second-order valence-electron chi connectivity index (χ2n) is 4.21. The number of nitrogens with zero attached hydrogens (tertiary/aromatic N) is 1. The van der Waals surface area contributed by atoms with Gasteiger partial charge in [0.1, 0.15) is 0 Å². The standard InChI is InChI=1S/C13H13Br2NO/c1-2-9-5-13(17)16(7-9)8-10-6-11(14)3-4-12(10)15/h2-4,6,9H,1,5,7-8H2. The van der Waals surface area contributed by atoms with Gasteiger partial charge in [-0.1, -0.05) is 37.9 Å². The minimum Gasteiger partial charge on any atom is -0.338 e. The number of benzene rings is 1. The van der Waals surface area contributed by atoms with E-state index >= 15 is 0 Å². The average molecular weight is 359 g/mol. The third-order valence-electron chi connectivity index (χ3n) is 2.95. The summed E-state index contributed by atoms with van der Waals surface area (Å²) in [6, 6.07) is 6.01. The zero-order valence-electron chi connectivity index (χ0n) is 9.33. The van der Waals surface area contributed by atoms with Crippen molar-refractivity contribution >= 4 is 37.8 Å². The molecule has 2 nitrogen and oxygen atoms in total. The third-order valence-corrected chi connectivity index (χ3v) is 4.21. The molecular weight excluding hydrogens is 346 g/mol. The van der Waals surface area contributed by atoms with Crippen LogP contribution >= 0.6 is 31.9 Å². The fraction of sp³-hybridized carbons (Fsp3) is 0.308. The third kappa shape index (κ3) is 2.99. The van der Waals surface area contributed by atoms with Crippen LogP contribution in [0.1, 0.15) is 12.0 Å². The molecule has 1 saturated heterocycles. The molecule has 1 aromatic carbocycles. The van der Waals surface area contributed by atoms with E-state index in [-0.39, 0.29) is 5.91 Å². The van der Waals surface area contributed by atoms with Gasteiger partial charge in [-0.15, -0.1) is 6.58 Å². The van der Waals surface area contributed by atoms with Gasteiger partial charge < -0.3 is 4.90 Å². The van der Waals surface area contributed by atoms with E-state index in [1.807, 2.05) is 29.2 Å². The molecule has 1 unspecified atom stereocenters. The first-order chi connectivity index (χ1) is 8.10. The quantitative estimate of drug-likeness (QED) is 0.753. The SMILES string of the molecule is C=CC1CC(=O)N(Cc2cc(Br)ccc2Br)C1. The lowest BCUT2D eigenvalue weighted by Gasteiger charge is -2.17. The van der Waals surface area contributed by atoms with Crippen molar-refractivity contribution in [1.82, 2.24) is 4.90 Å². The molecule has 0 spiro atoms. The first-order valence-electron chi connectivity index (χ1n) is 5.44. The van der Waals surface area contributed by atoms with E-state index in [9.17, 15) is 4.79 Å². The normalized spacial score (nSPS) is 19.8. The summed E-state index contributed by atoms with van der Waals surface area (Å²) in [5, 5.41) is 0. The maximum Gasteiger partial charge on any atom is 0.223 e. The molecular formula is C13H13Br2NO. The van der Waals surface area contributed by atoms with Crippen LogP contribution in [0.3, 0.4) is 0 Å². The van der Waals surface area contributed by atoms with Gasteiger partial charge in [0.2, 0.25) is 5.91 Å². The molecule has 1 fully saturated rings. The van der Waals surface area contributed by atoms with Gasteiger partial charge in [-0.2, -0.15) is 0 Å². The molecule has 1 aliphatic heterocycles. The van der Waals surface area contributed by atoms with Gasteiger partial charge in [-0.05, 0) is 23.8 Å². The molecule has 0 N–H and O–H groups in total. The van der Waals surface area contributed by atoms with E-state index in [2.05, 4.69) is 38.4 Å². The molecule has 0 saturated carbocycles. The van der Waals surface area contributed by atoms with Crippen LogP contribution in [0.4, 0.5) is 0 Å². The fourth-order valence-corrected chi connectivity index (χ4v) is 2.76. The summed E-state index contributed by atoms with van der Waals surface area (Å²) in [4.78, 5) is 13.7. The van der Waals surface area contributed by atoms with E-state index < -0.39 is 0 Å². The molecule has 0 bridgehead atoms. The second kappa shape index (κ2) is 5.36. The highest BCUT2D eigenvalue weighted by Gasteiger charge is 2.27. The van der Waals surface area contributed by atoms with Crippen LogP contribution in [-0.2, 0) is 11.3 Å². The molecule has 1 atom stereocenters. The van der Waals surface area contributed by atoms with E-state index in [4.69, 9.17) is 0 Å². The van der Waals surface area contributed by atoms with Crippen LogP contribution in [0.5, 0.6) is 0 Å². The van der Waals surface area contributed by atoms with Crippen LogP contribution in [0.2, 0.25) is 0 Å². The number of halogens is 2. The molecule has 0 radical (unpaired) electrons. The van der Waals surface area contributed by atoms with E-state index in [1.54, 1.807) is 0 Å². The Balaban J connectivity index is 2.13. The summed E-state index contributed by atoms with van der Waals surface area (Å²) in [6.07, 6.45) is 2.46. The van der Waals surface area contributed by atoms with Gasteiger partial charge in [0, 0.05) is 34.4 Å². The number of amides is 1. The highest BCUT2D eigenvalue weighted by molar-refractivity contribution is 9.11. The predicted octanol–water partition coefficient (Wildman–Crippen LogP) is 3.75. The Bertz CT molecular complexity index is 459. The Morgan fingerprint density at radius 3 is 2.88 bits per heavy atom. The molecule has 1 aromatic rings. The number of hydrogen-bond acceptors (Lipinski definition) is 1. The van der Waals surface area contributed by atoms with Gasteiger partial charge in [-0.3, -0.25) is 4.79 Å². The summed E-state index contributed by atoms with van der Waals surface area (Å²) >= 11 is 6.96. The van der Waals surface area contributed by atoms with Crippen LogP contribution < -0.4 is 0 Å². The summed E-state index contributed by atoms with van der Waals surface area (Å²) in [5.41, 5.74) is 1.12. The van der Waals surface area contributed by atoms with E-state index in [0.29, 0.717) is 18.9 Å². The summed E-state index contributed by atoms with van der Waals surface area (Å²) in [6.45, 7) is 5.19. The van der Waals surface area contributed by atoms with Gasteiger partial charge in [0.25, 0.3) is 0 Å². The van der Waals surface area contributed by atoms with E-state index in [1.165, 1.54) is 0 Å². The number of likely N-dealkylation sites (tertiary alicyclic amines) is 1. The monoisotopic (exact) mass is 357 g/mol. The maximum atomic E-state index is 11.8. The molecule has 4 heteroatoms. The Morgan fingerprint density at radius 1 is 1.47 bits per heavy atom. The average Bonchev–Trinajstić information content (AvgIpc) is 2.65. The lowest BCUT2D eigenvalue weighted by Crippen LogP contribution is -2.24. The maximum absolute atomic E-state index is 11.8. The van der Waals surface area contributed by atoms with Crippen LogP contribution in [-0.4, -0.2) is 17.4 Å². The number of carbonyl (C=O) groups excluding carboxylic acids is 1. The molecule has 2 rings (SSSR count).